The van der Waals surface area contributed by atoms with Crippen molar-refractivity contribution in [3.63, 3.8) is 0 Å². The smallest absolute Gasteiger partial charge is 0.259 e. The second-order valence-electron chi connectivity index (χ2n) is 16.9. The quantitative estimate of drug-likeness (QED) is 0.251. The standard InChI is InChI=1S/C44H54N6O8S/c1-57-32-14-17-35-37(21-32)46-36(29-10-7-5-8-11-29)23-39(35)58-33-22-38-41(52)47-44(43(54)48-59(55,56)34-15-16-34)24-31(44)13-9-4-2-3-6-12-30(42(53)50(38)27-33)20-40(51)49-19-18-28(25-45)26-49/h5,7-11,13-14,17,21,23,28,30-31,33-34,38H,2-4,6,12,15-16,18-20,22,24-27,45H2,1H3,(H,47,52)(H,48,54)/t28-,30+,31?,33+,38-,44+/m0/s1. The van der Waals surface area contributed by atoms with Gasteiger partial charge in [0.25, 0.3) is 5.91 Å². The lowest BCUT2D eigenvalue weighted by Gasteiger charge is -2.30. The van der Waals surface area contributed by atoms with Crippen LogP contribution in [0.3, 0.4) is 0 Å². The average molecular weight is 827 g/mol. The number of pyridine rings is 1. The van der Waals surface area contributed by atoms with Crippen LogP contribution in [0.25, 0.3) is 22.2 Å². The molecule has 4 N–H and O–H groups in total. The molecular formula is C44H54N6O8S. The highest BCUT2D eigenvalue weighted by atomic mass is 32.2. The van der Waals surface area contributed by atoms with Crippen molar-refractivity contribution in [3.8, 4) is 22.8 Å². The molecule has 4 fully saturated rings. The van der Waals surface area contributed by atoms with Gasteiger partial charge in [0.15, 0.2) is 0 Å². The molecule has 5 aliphatic rings. The fraction of sp³-hybridized carbons (Fsp3) is 0.523. The van der Waals surface area contributed by atoms with Crippen LogP contribution in [0, 0.1) is 17.8 Å². The zero-order chi connectivity index (χ0) is 41.3. The van der Waals surface area contributed by atoms with Crippen molar-refractivity contribution in [1.82, 2.24) is 24.8 Å². The zero-order valence-electron chi connectivity index (χ0n) is 33.5. The zero-order valence-corrected chi connectivity index (χ0v) is 34.3. The molecule has 0 radical (unpaired) electrons. The van der Waals surface area contributed by atoms with Crippen molar-refractivity contribution in [2.45, 2.75) is 93.6 Å². The van der Waals surface area contributed by atoms with Crippen LogP contribution in [0.1, 0.15) is 70.6 Å². The van der Waals surface area contributed by atoms with Gasteiger partial charge >= 0.3 is 0 Å². The first-order chi connectivity index (χ1) is 28.5. The van der Waals surface area contributed by atoms with E-state index in [9.17, 15) is 27.6 Å². The fourth-order valence-corrected chi connectivity index (χ4v) is 10.3. The van der Waals surface area contributed by atoms with Crippen LogP contribution in [-0.2, 0) is 29.2 Å². The van der Waals surface area contributed by atoms with E-state index in [4.69, 9.17) is 20.2 Å². The number of fused-ring (bicyclic) bond motifs is 3. The number of carbonyl (C=O) groups is 4. The van der Waals surface area contributed by atoms with Gasteiger partial charge < -0.3 is 30.3 Å². The molecule has 4 amide bonds. The van der Waals surface area contributed by atoms with Crippen molar-refractivity contribution in [1.29, 1.82) is 0 Å². The van der Waals surface area contributed by atoms with E-state index in [1.54, 1.807) is 12.0 Å². The van der Waals surface area contributed by atoms with Gasteiger partial charge in [-0.2, -0.15) is 0 Å². The maximum absolute atomic E-state index is 14.9. The highest BCUT2D eigenvalue weighted by molar-refractivity contribution is 7.91. The van der Waals surface area contributed by atoms with Crippen LogP contribution in [0.4, 0.5) is 0 Å². The third kappa shape index (κ3) is 8.82. The number of nitrogens with one attached hydrogen (secondary N) is 2. The molecule has 6 atom stereocenters. The van der Waals surface area contributed by atoms with Crippen LogP contribution in [0.2, 0.25) is 0 Å². The summed E-state index contributed by atoms with van der Waals surface area (Å²) in [6.07, 6.45) is 8.93. The number of sulfonamides is 1. The van der Waals surface area contributed by atoms with E-state index in [0.717, 1.165) is 43.1 Å². The van der Waals surface area contributed by atoms with Crippen molar-refractivity contribution >= 4 is 44.6 Å². The molecule has 14 nitrogen and oxygen atoms in total. The number of amides is 4. The normalized spacial score (nSPS) is 27.6. The van der Waals surface area contributed by atoms with Gasteiger partial charge in [0.1, 0.15) is 29.2 Å². The third-order valence-corrected chi connectivity index (χ3v) is 14.5. The Bertz CT molecular complexity index is 2230. The SMILES string of the molecule is COc1ccc2c(O[C@@H]3C[C@H]4C(=O)N[C@]5(C(=O)NS(=O)(=O)C6CC6)CC5C=CCCCCC[C@H](CC(=O)N5CC[C@@H](CN)C5)C(=O)N4C3)cc(-c3ccccc3)nc2c1. The summed E-state index contributed by atoms with van der Waals surface area (Å²) in [5.74, 6) is -1.48. The predicted octanol–water partition coefficient (Wildman–Crippen LogP) is 4.08. The van der Waals surface area contributed by atoms with Crippen molar-refractivity contribution < 1.29 is 37.1 Å². The first-order valence-electron chi connectivity index (χ1n) is 21.0. The van der Waals surface area contributed by atoms with Crippen molar-refractivity contribution in [2.75, 3.05) is 33.3 Å². The van der Waals surface area contributed by atoms with Crippen LogP contribution >= 0.6 is 0 Å². The molecule has 4 heterocycles. The summed E-state index contributed by atoms with van der Waals surface area (Å²) in [5.41, 5.74) is 6.62. The van der Waals surface area contributed by atoms with Gasteiger partial charge in [0.05, 0.1) is 30.1 Å². The summed E-state index contributed by atoms with van der Waals surface area (Å²) in [4.78, 5) is 65.4. The van der Waals surface area contributed by atoms with Crippen LogP contribution in [-0.4, -0.2) is 103 Å². The van der Waals surface area contributed by atoms with Crippen LogP contribution < -0.4 is 25.2 Å². The van der Waals surface area contributed by atoms with E-state index in [1.165, 1.54) is 4.90 Å². The molecule has 15 heteroatoms. The number of nitrogens with zero attached hydrogens (tertiary/aromatic N) is 3. The molecule has 2 saturated heterocycles. The lowest BCUT2D eigenvalue weighted by atomic mass is 9.94. The molecule has 314 valence electrons. The number of carbonyl (C=O) groups excluding carboxylic acids is 4. The van der Waals surface area contributed by atoms with Gasteiger partial charge in [-0.05, 0) is 69.5 Å². The van der Waals surface area contributed by atoms with E-state index < -0.39 is 56.6 Å². The average Bonchev–Trinajstić information content (AvgIpc) is 4.12. The number of aromatic nitrogens is 1. The fourth-order valence-electron chi connectivity index (χ4n) is 8.91. The monoisotopic (exact) mass is 826 g/mol. The lowest BCUT2D eigenvalue weighted by Crippen LogP contribution is -2.57. The van der Waals surface area contributed by atoms with E-state index in [1.807, 2.05) is 66.7 Å². The van der Waals surface area contributed by atoms with Gasteiger partial charge in [-0.15, -0.1) is 0 Å². The van der Waals surface area contributed by atoms with Crippen molar-refractivity contribution in [3.05, 3.63) is 66.7 Å². The summed E-state index contributed by atoms with van der Waals surface area (Å²) in [6, 6.07) is 16.0. The van der Waals surface area contributed by atoms with Gasteiger partial charge in [0, 0.05) is 60.8 Å². The number of rotatable bonds is 10. The van der Waals surface area contributed by atoms with Crippen molar-refractivity contribution in [2.24, 2.45) is 23.5 Å². The molecular weight excluding hydrogens is 773 g/mol. The Labute approximate surface area is 345 Å². The molecule has 2 saturated carbocycles. The third-order valence-electron chi connectivity index (χ3n) is 12.7. The summed E-state index contributed by atoms with van der Waals surface area (Å²) >= 11 is 0. The lowest BCUT2D eigenvalue weighted by molar-refractivity contribution is -0.145. The van der Waals surface area contributed by atoms with E-state index in [0.29, 0.717) is 61.6 Å². The molecule has 0 bridgehead atoms. The second kappa shape index (κ2) is 16.9. The van der Waals surface area contributed by atoms with Gasteiger partial charge in [-0.1, -0.05) is 55.3 Å². The molecule has 59 heavy (non-hydrogen) atoms. The topological polar surface area (TPSA) is 190 Å². The Kier molecular flexibility index (Phi) is 11.7. The molecule has 3 aliphatic heterocycles. The molecule has 8 rings (SSSR count). The minimum absolute atomic E-state index is 0.0110. The van der Waals surface area contributed by atoms with Gasteiger partial charge in [-0.25, -0.2) is 13.4 Å². The van der Waals surface area contributed by atoms with Gasteiger partial charge in [0.2, 0.25) is 27.7 Å². The van der Waals surface area contributed by atoms with Crippen LogP contribution in [0.5, 0.6) is 11.5 Å². The summed E-state index contributed by atoms with van der Waals surface area (Å²) in [5, 5.41) is 3.05. The Hall–Kier alpha value is -5.02. The number of methoxy groups -OCH3 is 1. The highest BCUT2D eigenvalue weighted by Gasteiger charge is 2.62. The van der Waals surface area contributed by atoms with E-state index in [2.05, 4.69) is 10.0 Å². The second-order valence-corrected chi connectivity index (χ2v) is 18.8. The Balaban J connectivity index is 1.12. The van der Waals surface area contributed by atoms with Gasteiger partial charge in [-0.3, -0.25) is 23.9 Å². The predicted molar refractivity (Wildman–Crippen MR) is 221 cm³/mol. The van der Waals surface area contributed by atoms with E-state index in [-0.39, 0.29) is 43.5 Å². The molecule has 1 unspecified atom stereocenters. The highest BCUT2D eigenvalue weighted by Crippen LogP contribution is 2.46. The number of ether oxygens (including phenoxy) is 2. The van der Waals surface area contributed by atoms with Crippen LogP contribution in [0.15, 0.2) is 66.7 Å². The Morgan fingerprint density at radius 2 is 1.83 bits per heavy atom. The number of allylic oxidation sites excluding steroid dienone is 1. The number of likely N-dealkylation sites (tertiary alicyclic amines) is 1. The summed E-state index contributed by atoms with van der Waals surface area (Å²) in [6.45, 7) is 1.70. The minimum Gasteiger partial charge on any atom is -0.497 e. The first-order valence-corrected chi connectivity index (χ1v) is 22.6. The van der Waals surface area contributed by atoms with E-state index >= 15 is 0 Å². The molecule has 3 aromatic rings. The number of hydrogen-bond acceptors (Lipinski definition) is 10. The molecule has 0 spiro atoms. The molecule has 2 aliphatic carbocycles. The molecule has 1 aromatic heterocycles. The first kappa shape index (κ1) is 40.7. The Morgan fingerprint density at radius 1 is 1.02 bits per heavy atom. The number of benzene rings is 2. The largest absolute Gasteiger partial charge is 0.497 e. The number of nitrogens with two attached hydrogens (primary N) is 1. The molecule has 2 aromatic carbocycles. The maximum atomic E-state index is 14.9. The maximum Gasteiger partial charge on any atom is 0.259 e. The number of hydrogen-bond donors (Lipinski definition) is 3. The minimum atomic E-state index is -3.89. The summed E-state index contributed by atoms with van der Waals surface area (Å²) in [7, 11) is -2.31. The summed E-state index contributed by atoms with van der Waals surface area (Å²) < 4.78 is 40.4. The Morgan fingerprint density at radius 3 is 2.58 bits per heavy atom.